The topological polar surface area (TPSA) is 6.48 Å². The van der Waals surface area contributed by atoms with Crippen LogP contribution in [0.5, 0.6) is 0 Å². The van der Waals surface area contributed by atoms with E-state index >= 15 is 0 Å². The highest BCUT2D eigenvalue weighted by molar-refractivity contribution is 6.17. The Morgan fingerprint density at radius 1 is 0.682 bits per heavy atom. The first-order valence-electron chi connectivity index (χ1n) is 9.85. The fraction of sp³-hybridized carbons (Fsp3) is 0.895. The highest BCUT2D eigenvalue weighted by Crippen LogP contribution is 2.14. The van der Waals surface area contributed by atoms with Gasteiger partial charge in [-0.3, -0.25) is 9.80 Å². The van der Waals surface area contributed by atoms with Gasteiger partial charge in [0, 0.05) is 10.2 Å². The van der Waals surface area contributed by atoms with E-state index in [9.17, 15) is 0 Å². The lowest BCUT2D eigenvalue weighted by molar-refractivity contribution is 0.0700. The van der Waals surface area contributed by atoms with Crippen LogP contribution in [0.4, 0.5) is 0 Å². The molecule has 0 atom stereocenters. The first-order chi connectivity index (χ1) is 10.7. The molecule has 2 nitrogen and oxygen atoms in total. The van der Waals surface area contributed by atoms with Crippen LogP contribution in [0, 0.1) is 0 Å². The van der Waals surface area contributed by atoms with E-state index in [1.54, 1.807) is 0 Å². The summed E-state index contributed by atoms with van der Waals surface area (Å²) >= 11 is 0. The van der Waals surface area contributed by atoms with Crippen LogP contribution in [0.3, 0.4) is 0 Å². The first kappa shape index (κ1) is 21.9. The minimum atomic E-state index is 0.536. The molecule has 0 unspecified atom stereocenters. The average Bonchev–Trinajstić information content (AvgIpc) is 2.54. The van der Waals surface area contributed by atoms with Crippen LogP contribution in [-0.2, 0) is 0 Å². The molecule has 0 fully saturated rings. The van der Waals surface area contributed by atoms with Crippen molar-refractivity contribution in [2.75, 3.05) is 26.2 Å². The van der Waals surface area contributed by atoms with Crippen molar-refractivity contribution in [2.24, 2.45) is 0 Å². The monoisotopic (exact) mass is 326 g/mol. The Bertz CT molecular complexity index is 220. The van der Waals surface area contributed by atoms with Gasteiger partial charge in [-0.2, -0.15) is 0 Å². The summed E-state index contributed by atoms with van der Waals surface area (Å²) in [6.07, 6.45) is 13.5. The number of rotatable bonds is 15. The third-order valence-electron chi connectivity index (χ3n) is 4.31. The highest BCUT2D eigenvalue weighted by Gasteiger charge is 2.21. The number of nitrogens with zero attached hydrogens (tertiary/aromatic N) is 2. The molecule has 0 amide bonds. The standard InChI is InChI=1S/C19H42N2Si/c1-5-9-14-20(15-10-6-2)19(13-18-22)21(16-11-7-3)17-12-8-4/h13,18-19H,5-12,14-17H2,1-4,22H3. The number of hydrogen-bond donors (Lipinski definition) is 0. The van der Waals surface area contributed by atoms with Crippen molar-refractivity contribution in [1.29, 1.82) is 0 Å². The molecular formula is C19H42N2Si. The molecule has 0 aromatic carbocycles. The highest BCUT2D eigenvalue weighted by atomic mass is 28.1. The minimum Gasteiger partial charge on any atom is -0.285 e. The van der Waals surface area contributed by atoms with Crippen molar-refractivity contribution in [3.05, 3.63) is 11.8 Å². The van der Waals surface area contributed by atoms with Crippen molar-refractivity contribution in [3.63, 3.8) is 0 Å². The van der Waals surface area contributed by atoms with Gasteiger partial charge in [0.1, 0.15) is 0 Å². The van der Waals surface area contributed by atoms with E-state index in [0.717, 1.165) is 10.2 Å². The molecule has 132 valence electrons. The van der Waals surface area contributed by atoms with Crippen LogP contribution in [0.2, 0.25) is 0 Å². The summed E-state index contributed by atoms with van der Waals surface area (Å²) in [6.45, 7) is 14.2. The lowest BCUT2D eigenvalue weighted by Crippen LogP contribution is -2.48. The van der Waals surface area contributed by atoms with Gasteiger partial charge in [-0.15, -0.1) is 5.70 Å². The summed E-state index contributed by atoms with van der Waals surface area (Å²) < 4.78 is 0. The van der Waals surface area contributed by atoms with Gasteiger partial charge in [0.15, 0.2) is 0 Å². The zero-order valence-corrected chi connectivity index (χ0v) is 18.1. The Balaban J connectivity index is 4.97. The second-order valence-electron chi connectivity index (χ2n) is 6.43. The molecule has 0 N–H and O–H groups in total. The van der Waals surface area contributed by atoms with E-state index in [2.05, 4.69) is 49.3 Å². The van der Waals surface area contributed by atoms with Crippen LogP contribution in [0.25, 0.3) is 0 Å². The maximum atomic E-state index is 2.74. The lowest BCUT2D eigenvalue weighted by Gasteiger charge is -2.38. The molecule has 22 heavy (non-hydrogen) atoms. The third-order valence-corrected chi connectivity index (χ3v) is 4.69. The summed E-state index contributed by atoms with van der Waals surface area (Å²) in [6, 6.07) is 0. The van der Waals surface area contributed by atoms with E-state index in [-0.39, 0.29) is 0 Å². The van der Waals surface area contributed by atoms with Gasteiger partial charge in [-0.1, -0.05) is 59.5 Å². The Labute approximate surface area is 143 Å². The van der Waals surface area contributed by atoms with Crippen molar-refractivity contribution < 1.29 is 0 Å². The van der Waals surface area contributed by atoms with Crippen LogP contribution in [0.1, 0.15) is 79.1 Å². The summed E-state index contributed by atoms with van der Waals surface area (Å²) in [7, 11) is 1.16. The Morgan fingerprint density at radius 3 is 1.23 bits per heavy atom. The summed E-state index contributed by atoms with van der Waals surface area (Å²) in [4.78, 5) is 5.49. The normalized spacial score (nSPS) is 12.5. The third kappa shape index (κ3) is 9.81. The van der Waals surface area contributed by atoms with E-state index < -0.39 is 0 Å². The predicted molar refractivity (Wildman–Crippen MR) is 106 cm³/mol. The van der Waals surface area contributed by atoms with E-state index in [1.807, 2.05) is 0 Å². The first-order valence-corrected chi connectivity index (χ1v) is 11.0. The molecule has 0 radical (unpaired) electrons. The molecule has 0 heterocycles. The molecule has 0 aromatic heterocycles. The van der Waals surface area contributed by atoms with E-state index in [1.165, 1.54) is 77.5 Å². The minimum absolute atomic E-state index is 0.536. The summed E-state index contributed by atoms with van der Waals surface area (Å²) in [5, 5.41) is 0. The molecular weight excluding hydrogens is 284 g/mol. The Hall–Kier alpha value is -0.123. The van der Waals surface area contributed by atoms with Crippen molar-refractivity contribution in [3.8, 4) is 0 Å². The molecule has 0 rings (SSSR count). The Kier molecular flexibility index (Phi) is 15.7. The van der Waals surface area contributed by atoms with Crippen LogP contribution >= 0.6 is 0 Å². The van der Waals surface area contributed by atoms with Crippen molar-refractivity contribution in [1.82, 2.24) is 9.80 Å². The summed E-state index contributed by atoms with van der Waals surface area (Å²) in [5.74, 6) is 0. The second kappa shape index (κ2) is 15.8. The Morgan fingerprint density at radius 2 is 1.00 bits per heavy atom. The van der Waals surface area contributed by atoms with Gasteiger partial charge in [0.05, 0.1) is 6.17 Å². The van der Waals surface area contributed by atoms with Gasteiger partial charge in [-0.25, -0.2) is 0 Å². The molecule has 0 aliphatic heterocycles. The molecule has 0 saturated heterocycles. The molecule has 0 aromatic rings. The average molecular weight is 327 g/mol. The van der Waals surface area contributed by atoms with Crippen molar-refractivity contribution >= 4 is 10.2 Å². The van der Waals surface area contributed by atoms with Crippen LogP contribution in [-0.4, -0.2) is 52.4 Å². The van der Waals surface area contributed by atoms with Gasteiger partial charge < -0.3 is 0 Å². The zero-order valence-electron chi connectivity index (χ0n) is 16.1. The lowest BCUT2D eigenvalue weighted by atomic mass is 10.2. The molecule has 3 heteroatoms. The molecule has 0 aliphatic rings. The van der Waals surface area contributed by atoms with Gasteiger partial charge >= 0.3 is 0 Å². The fourth-order valence-electron chi connectivity index (χ4n) is 2.84. The fourth-order valence-corrected chi connectivity index (χ4v) is 3.19. The maximum absolute atomic E-state index is 2.74. The molecule has 0 spiro atoms. The van der Waals surface area contributed by atoms with Gasteiger partial charge in [0.25, 0.3) is 0 Å². The maximum Gasteiger partial charge on any atom is 0.0810 e. The zero-order chi connectivity index (χ0) is 16.6. The van der Waals surface area contributed by atoms with E-state index in [4.69, 9.17) is 0 Å². The van der Waals surface area contributed by atoms with E-state index in [0.29, 0.717) is 6.17 Å². The smallest absolute Gasteiger partial charge is 0.0810 e. The SMILES string of the molecule is CCCCN(CCCC)C(C=C[SiH3])N(CCCC)CCCC. The summed E-state index contributed by atoms with van der Waals surface area (Å²) in [5.41, 5.74) is 2.39. The van der Waals surface area contributed by atoms with Gasteiger partial charge in [-0.05, 0) is 51.9 Å². The van der Waals surface area contributed by atoms with Crippen LogP contribution < -0.4 is 0 Å². The second-order valence-corrected chi connectivity index (χ2v) is 7.09. The molecule has 0 aliphatic carbocycles. The van der Waals surface area contributed by atoms with Crippen molar-refractivity contribution in [2.45, 2.75) is 85.2 Å². The molecule has 0 saturated carbocycles. The molecule has 0 bridgehead atoms. The largest absolute Gasteiger partial charge is 0.285 e. The quantitative estimate of drug-likeness (QED) is 0.331. The van der Waals surface area contributed by atoms with Gasteiger partial charge in [0.2, 0.25) is 0 Å². The predicted octanol–water partition coefficient (Wildman–Crippen LogP) is 4.00. The number of unbranched alkanes of at least 4 members (excludes halogenated alkanes) is 4. The number of hydrogen-bond acceptors (Lipinski definition) is 2. The van der Waals surface area contributed by atoms with Crippen LogP contribution in [0.15, 0.2) is 11.8 Å².